The standard InChI is InChI=1S/C16H26ClNO2/c1-5-20-16-12(6-7-15(19)11(4)18)8-13(17)9-14(16)10(2)3/h8-11,15,19H,5-7,18H2,1-4H3. The van der Waals surface area contributed by atoms with Crippen molar-refractivity contribution in [3.05, 3.63) is 28.3 Å². The Morgan fingerprint density at radius 3 is 2.45 bits per heavy atom. The molecule has 0 radical (unpaired) electrons. The smallest absolute Gasteiger partial charge is 0.126 e. The first-order valence-corrected chi connectivity index (χ1v) is 7.63. The van der Waals surface area contributed by atoms with Crippen LogP contribution >= 0.6 is 11.6 Å². The number of hydrogen-bond donors (Lipinski definition) is 2. The zero-order valence-electron chi connectivity index (χ0n) is 12.8. The quantitative estimate of drug-likeness (QED) is 0.810. The molecule has 0 saturated carbocycles. The first kappa shape index (κ1) is 17.3. The van der Waals surface area contributed by atoms with Gasteiger partial charge in [0.1, 0.15) is 5.75 Å². The van der Waals surface area contributed by atoms with Crippen LogP contribution in [0.15, 0.2) is 12.1 Å². The molecule has 3 N–H and O–H groups in total. The number of rotatable bonds is 7. The van der Waals surface area contributed by atoms with E-state index < -0.39 is 6.10 Å². The molecule has 2 unspecified atom stereocenters. The summed E-state index contributed by atoms with van der Waals surface area (Å²) >= 11 is 6.20. The van der Waals surface area contributed by atoms with E-state index in [2.05, 4.69) is 13.8 Å². The fraction of sp³-hybridized carbons (Fsp3) is 0.625. The molecule has 20 heavy (non-hydrogen) atoms. The molecule has 0 amide bonds. The van der Waals surface area contributed by atoms with Crippen molar-refractivity contribution in [1.82, 2.24) is 0 Å². The normalized spacial score (nSPS) is 14.4. The summed E-state index contributed by atoms with van der Waals surface area (Å²) in [6, 6.07) is 3.66. The molecule has 114 valence electrons. The topological polar surface area (TPSA) is 55.5 Å². The lowest BCUT2D eigenvalue weighted by atomic mass is 9.95. The molecule has 1 aromatic rings. The third-order valence-corrected chi connectivity index (χ3v) is 3.60. The highest BCUT2D eigenvalue weighted by molar-refractivity contribution is 6.30. The molecule has 0 heterocycles. The number of halogens is 1. The number of nitrogens with two attached hydrogens (primary N) is 1. The summed E-state index contributed by atoms with van der Waals surface area (Å²) < 4.78 is 5.81. The van der Waals surface area contributed by atoms with Gasteiger partial charge in [-0.1, -0.05) is 25.4 Å². The van der Waals surface area contributed by atoms with Crippen LogP contribution in [0.5, 0.6) is 5.75 Å². The molecular weight excluding hydrogens is 274 g/mol. The molecule has 0 aliphatic rings. The van der Waals surface area contributed by atoms with Crippen molar-refractivity contribution in [3.8, 4) is 5.75 Å². The minimum absolute atomic E-state index is 0.228. The fourth-order valence-electron chi connectivity index (χ4n) is 2.17. The average molecular weight is 300 g/mol. The number of aliphatic hydroxyl groups excluding tert-OH is 1. The third-order valence-electron chi connectivity index (χ3n) is 3.39. The summed E-state index contributed by atoms with van der Waals surface area (Å²) in [6.07, 6.45) is 0.805. The predicted molar refractivity (Wildman–Crippen MR) is 84.7 cm³/mol. The Kier molecular flexibility index (Phi) is 6.80. The van der Waals surface area contributed by atoms with E-state index in [-0.39, 0.29) is 6.04 Å². The maximum Gasteiger partial charge on any atom is 0.126 e. The van der Waals surface area contributed by atoms with Gasteiger partial charge < -0.3 is 15.6 Å². The summed E-state index contributed by atoms with van der Waals surface area (Å²) in [5.74, 6) is 1.25. The van der Waals surface area contributed by atoms with Gasteiger partial charge in [0.15, 0.2) is 0 Å². The van der Waals surface area contributed by atoms with Crippen LogP contribution in [0.2, 0.25) is 5.02 Å². The minimum Gasteiger partial charge on any atom is -0.493 e. The minimum atomic E-state index is -0.508. The van der Waals surface area contributed by atoms with Crippen molar-refractivity contribution in [2.75, 3.05) is 6.61 Å². The Labute approximate surface area is 127 Å². The Balaban J connectivity index is 3.03. The van der Waals surface area contributed by atoms with E-state index in [1.54, 1.807) is 0 Å². The van der Waals surface area contributed by atoms with Gasteiger partial charge in [-0.05, 0) is 55.9 Å². The van der Waals surface area contributed by atoms with Gasteiger partial charge in [-0.25, -0.2) is 0 Å². The van der Waals surface area contributed by atoms with Crippen LogP contribution < -0.4 is 10.5 Å². The Morgan fingerprint density at radius 2 is 1.95 bits per heavy atom. The van der Waals surface area contributed by atoms with Crippen molar-refractivity contribution in [3.63, 3.8) is 0 Å². The van der Waals surface area contributed by atoms with Crippen LogP contribution in [-0.4, -0.2) is 23.9 Å². The van der Waals surface area contributed by atoms with Crippen LogP contribution in [0.4, 0.5) is 0 Å². The van der Waals surface area contributed by atoms with Gasteiger partial charge in [0.2, 0.25) is 0 Å². The summed E-state index contributed by atoms with van der Waals surface area (Å²) in [7, 11) is 0. The lowest BCUT2D eigenvalue weighted by Crippen LogP contribution is -2.31. The molecule has 0 aromatic heterocycles. The first-order chi connectivity index (χ1) is 9.36. The Hall–Kier alpha value is -0.770. The van der Waals surface area contributed by atoms with Crippen LogP contribution in [0.25, 0.3) is 0 Å². The van der Waals surface area contributed by atoms with Crippen molar-refractivity contribution in [2.45, 2.75) is 58.6 Å². The first-order valence-electron chi connectivity index (χ1n) is 7.25. The SMILES string of the molecule is CCOc1c(CCC(O)C(C)N)cc(Cl)cc1C(C)C. The van der Waals surface area contributed by atoms with E-state index in [0.29, 0.717) is 30.4 Å². The summed E-state index contributed by atoms with van der Waals surface area (Å²) in [6.45, 7) is 8.64. The largest absolute Gasteiger partial charge is 0.493 e. The number of ether oxygens (including phenoxy) is 1. The monoisotopic (exact) mass is 299 g/mol. The molecule has 2 atom stereocenters. The van der Waals surface area contributed by atoms with Gasteiger partial charge in [0, 0.05) is 11.1 Å². The average Bonchev–Trinajstić information content (AvgIpc) is 2.37. The van der Waals surface area contributed by atoms with Gasteiger partial charge in [-0.2, -0.15) is 0 Å². The second kappa shape index (κ2) is 7.87. The number of hydrogen-bond acceptors (Lipinski definition) is 3. The number of aryl methyl sites for hydroxylation is 1. The van der Waals surface area contributed by atoms with Crippen molar-refractivity contribution < 1.29 is 9.84 Å². The van der Waals surface area contributed by atoms with E-state index >= 15 is 0 Å². The Bertz CT molecular complexity index is 433. The summed E-state index contributed by atoms with van der Waals surface area (Å²) in [5, 5.41) is 10.6. The summed E-state index contributed by atoms with van der Waals surface area (Å²) in [5.41, 5.74) is 7.86. The number of benzene rings is 1. The molecule has 0 saturated heterocycles. The van der Waals surface area contributed by atoms with E-state index in [0.717, 1.165) is 16.9 Å². The van der Waals surface area contributed by atoms with Crippen LogP contribution in [0, 0.1) is 0 Å². The van der Waals surface area contributed by atoms with Crippen LogP contribution in [0.1, 0.15) is 51.2 Å². The third kappa shape index (κ3) is 4.65. The molecule has 1 aromatic carbocycles. The zero-order chi connectivity index (χ0) is 15.3. The highest BCUT2D eigenvalue weighted by Gasteiger charge is 2.16. The van der Waals surface area contributed by atoms with Crippen molar-refractivity contribution >= 4 is 11.6 Å². The predicted octanol–water partition coefficient (Wildman–Crippen LogP) is 3.50. The molecule has 0 spiro atoms. The Morgan fingerprint density at radius 1 is 1.30 bits per heavy atom. The van der Waals surface area contributed by atoms with E-state index in [4.69, 9.17) is 22.1 Å². The van der Waals surface area contributed by atoms with E-state index in [1.807, 2.05) is 26.0 Å². The maximum atomic E-state index is 9.86. The van der Waals surface area contributed by atoms with Gasteiger partial charge >= 0.3 is 0 Å². The van der Waals surface area contributed by atoms with Crippen molar-refractivity contribution in [2.24, 2.45) is 5.73 Å². The molecule has 1 rings (SSSR count). The van der Waals surface area contributed by atoms with Crippen LogP contribution in [-0.2, 0) is 6.42 Å². The van der Waals surface area contributed by atoms with Crippen molar-refractivity contribution in [1.29, 1.82) is 0 Å². The summed E-state index contributed by atoms with van der Waals surface area (Å²) in [4.78, 5) is 0. The van der Waals surface area contributed by atoms with Gasteiger partial charge in [-0.15, -0.1) is 0 Å². The highest BCUT2D eigenvalue weighted by Crippen LogP contribution is 2.34. The highest BCUT2D eigenvalue weighted by atomic mass is 35.5. The zero-order valence-corrected chi connectivity index (χ0v) is 13.6. The number of aliphatic hydroxyl groups is 1. The van der Waals surface area contributed by atoms with E-state index in [9.17, 15) is 5.11 Å². The molecular formula is C16H26ClNO2. The molecule has 4 heteroatoms. The van der Waals surface area contributed by atoms with Gasteiger partial charge in [-0.3, -0.25) is 0 Å². The molecule has 0 fully saturated rings. The second-order valence-electron chi connectivity index (χ2n) is 5.54. The lowest BCUT2D eigenvalue weighted by Gasteiger charge is -2.20. The van der Waals surface area contributed by atoms with E-state index in [1.165, 1.54) is 0 Å². The molecule has 0 aliphatic heterocycles. The molecule has 0 bridgehead atoms. The molecule has 0 aliphatic carbocycles. The maximum absolute atomic E-state index is 9.86. The fourth-order valence-corrected chi connectivity index (χ4v) is 2.42. The molecule has 3 nitrogen and oxygen atoms in total. The lowest BCUT2D eigenvalue weighted by molar-refractivity contribution is 0.141. The van der Waals surface area contributed by atoms with Crippen LogP contribution in [0.3, 0.4) is 0 Å². The van der Waals surface area contributed by atoms with Gasteiger partial charge in [0.05, 0.1) is 12.7 Å². The second-order valence-corrected chi connectivity index (χ2v) is 5.97. The van der Waals surface area contributed by atoms with Gasteiger partial charge in [0.25, 0.3) is 0 Å².